The first-order chi connectivity index (χ1) is 12.3. The van der Waals surface area contributed by atoms with Gasteiger partial charge in [-0.25, -0.2) is 0 Å². The van der Waals surface area contributed by atoms with E-state index in [-0.39, 0.29) is 18.2 Å². The van der Waals surface area contributed by atoms with Gasteiger partial charge in [0.25, 0.3) is 0 Å². The molecule has 0 saturated heterocycles. The smallest absolute Gasteiger partial charge is 0.102 e. The van der Waals surface area contributed by atoms with Gasteiger partial charge in [0.05, 0.1) is 6.04 Å². The molecule has 0 unspecified atom stereocenters. The lowest BCUT2D eigenvalue weighted by atomic mass is 9.94. The molecule has 0 aromatic heterocycles. The predicted molar refractivity (Wildman–Crippen MR) is 103 cm³/mol. The van der Waals surface area contributed by atoms with Gasteiger partial charge in [-0.1, -0.05) is 91.0 Å². The molecule has 0 aliphatic rings. The van der Waals surface area contributed by atoms with Gasteiger partial charge in [0, 0.05) is 13.2 Å². The van der Waals surface area contributed by atoms with Crippen molar-refractivity contribution in [3.63, 3.8) is 0 Å². The molecule has 0 fully saturated rings. The van der Waals surface area contributed by atoms with E-state index in [0.717, 1.165) is 0 Å². The lowest BCUT2D eigenvalue weighted by Gasteiger charge is -2.31. The van der Waals surface area contributed by atoms with Gasteiger partial charge in [-0.3, -0.25) is 0 Å². The summed E-state index contributed by atoms with van der Waals surface area (Å²) in [7, 11) is 1.78. The summed E-state index contributed by atoms with van der Waals surface area (Å²) in [6, 6.07) is 31.7. The summed E-state index contributed by atoms with van der Waals surface area (Å²) in [6.07, 6.45) is -0.0604. The Morgan fingerprint density at radius 1 is 0.640 bits per heavy atom. The third-order valence-electron chi connectivity index (χ3n) is 4.57. The number of hydrogen-bond donors (Lipinski definition) is 1. The van der Waals surface area contributed by atoms with Crippen LogP contribution < -0.4 is 5.32 Å². The van der Waals surface area contributed by atoms with Gasteiger partial charge in [-0.05, 0) is 23.6 Å². The van der Waals surface area contributed by atoms with Crippen LogP contribution in [0.2, 0.25) is 0 Å². The van der Waals surface area contributed by atoms with E-state index in [0.29, 0.717) is 0 Å². The van der Waals surface area contributed by atoms with E-state index in [1.54, 1.807) is 7.11 Å². The highest BCUT2D eigenvalue weighted by Crippen LogP contribution is 2.33. The molecule has 3 atom stereocenters. The molecule has 0 saturated carbocycles. The Labute approximate surface area is 150 Å². The van der Waals surface area contributed by atoms with Gasteiger partial charge in [-0.15, -0.1) is 0 Å². The first-order valence-corrected chi connectivity index (χ1v) is 8.73. The monoisotopic (exact) mass is 331 g/mol. The standard InChI is InChI=1S/C23H25NO/c1-18(19-12-6-3-7-13-19)24-22(20-14-8-4-9-15-20)23(25-2)21-16-10-5-11-17-21/h3-18,22-24H,1-2H3/t18-,22-,23+/m1/s1. The van der Waals surface area contributed by atoms with E-state index in [1.165, 1.54) is 16.7 Å². The maximum atomic E-state index is 5.93. The molecule has 0 amide bonds. The molecule has 25 heavy (non-hydrogen) atoms. The second-order valence-corrected chi connectivity index (χ2v) is 6.25. The number of nitrogens with one attached hydrogen (secondary N) is 1. The van der Waals surface area contributed by atoms with E-state index >= 15 is 0 Å². The largest absolute Gasteiger partial charge is 0.375 e. The molecule has 0 aliphatic carbocycles. The Balaban J connectivity index is 1.92. The Bertz CT molecular complexity index is 743. The number of methoxy groups -OCH3 is 1. The van der Waals surface area contributed by atoms with Crippen molar-refractivity contribution < 1.29 is 4.74 Å². The van der Waals surface area contributed by atoms with Crippen LogP contribution in [0.4, 0.5) is 0 Å². The molecule has 2 heteroatoms. The van der Waals surface area contributed by atoms with E-state index in [2.05, 4.69) is 85.0 Å². The van der Waals surface area contributed by atoms with E-state index < -0.39 is 0 Å². The van der Waals surface area contributed by atoms with E-state index in [1.807, 2.05) is 18.2 Å². The van der Waals surface area contributed by atoms with Crippen LogP contribution in [0.1, 0.15) is 41.8 Å². The average molecular weight is 331 g/mol. The highest BCUT2D eigenvalue weighted by molar-refractivity contribution is 5.28. The zero-order valence-electron chi connectivity index (χ0n) is 14.8. The van der Waals surface area contributed by atoms with Crippen molar-refractivity contribution in [2.45, 2.75) is 25.1 Å². The second kappa shape index (κ2) is 8.61. The Morgan fingerprint density at radius 3 is 1.56 bits per heavy atom. The molecule has 0 heterocycles. The molecule has 128 valence electrons. The fourth-order valence-corrected chi connectivity index (χ4v) is 3.23. The fraction of sp³-hybridized carbons (Fsp3) is 0.217. The lowest BCUT2D eigenvalue weighted by Crippen LogP contribution is -2.30. The number of hydrogen-bond acceptors (Lipinski definition) is 2. The van der Waals surface area contributed by atoms with Crippen molar-refractivity contribution in [1.29, 1.82) is 0 Å². The summed E-state index contributed by atoms with van der Waals surface area (Å²) in [5.41, 5.74) is 3.67. The summed E-state index contributed by atoms with van der Waals surface area (Å²) in [6.45, 7) is 2.20. The second-order valence-electron chi connectivity index (χ2n) is 6.25. The van der Waals surface area contributed by atoms with Crippen molar-refractivity contribution >= 4 is 0 Å². The molecule has 0 aliphatic heterocycles. The fourth-order valence-electron chi connectivity index (χ4n) is 3.23. The molecule has 0 bridgehead atoms. The van der Waals surface area contributed by atoms with Crippen LogP contribution >= 0.6 is 0 Å². The predicted octanol–water partition coefficient (Wildman–Crippen LogP) is 5.47. The van der Waals surface area contributed by atoms with Gasteiger partial charge >= 0.3 is 0 Å². The number of benzene rings is 3. The zero-order chi connectivity index (χ0) is 17.5. The highest BCUT2D eigenvalue weighted by Gasteiger charge is 2.26. The minimum absolute atomic E-state index is 0.0591. The molecule has 2 nitrogen and oxygen atoms in total. The van der Waals surface area contributed by atoms with Gasteiger partial charge in [-0.2, -0.15) is 0 Å². The molecule has 1 N–H and O–H groups in total. The molecule has 3 rings (SSSR count). The molecular formula is C23H25NO. The number of rotatable bonds is 7. The molecule has 0 spiro atoms. The van der Waals surface area contributed by atoms with Crippen LogP contribution in [0.3, 0.4) is 0 Å². The third kappa shape index (κ3) is 4.36. The van der Waals surface area contributed by atoms with Crippen LogP contribution in [0.15, 0.2) is 91.0 Å². The first-order valence-electron chi connectivity index (χ1n) is 8.73. The van der Waals surface area contributed by atoms with Gasteiger partial charge in [0.15, 0.2) is 0 Å². The van der Waals surface area contributed by atoms with Crippen LogP contribution in [0.5, 0.6) is 0 Å². The van der Waals surface area contributed by atoms with Crippen LogP contribution in [0, 0.1) is 0 Å². The molecule has 3 aromatic carbocycles. The van der Waals surface area contributed by atoms with Gasteiger partial charge in [0.2, 0.25) is 0 Å². The minimum Gasteiger partial charge on any atom is -0.375 e. The zero-order valence-corrected chi connectivity index (χ0v) is 14.8. The summed E-state index contributed by atoms with van der Waals surface area (Å²) >= 11 is 0. The van der Waals surface area contributed by atoms with Gasteiger partial charge < -0.3 is 10.1 Å². The van der Waals surface area contributed by atoms with Gasteiger partial charge in [0.1, 0.15) is 6.10 Å². The number of ether oxygens (including phenoxy) is 1. The Morgan fingerprint density at radius 2 is 1.08 bits per heavy atom. The lowest BCUT2D eigenvalue weighted by molar-refractivity contribution is 0.0637. The summed E-state index contributed by atoms with van der Waals surface area (Å²) in [4.78, 5) is 0. The maximum absolute atomic E-state index is 5.93. The molecule has 3 aromatic rings. The van der Waals surface area contributed by atoms with Crippen molar-refractivity contribution in [1.82, 2.24) is 5.32 Å². The molecular weight excluding hydrogens is 306 g/mol. The van der Waals surface area contributed by atoms with E-state index in [9.17, 15) is 0 Å². The normalized spacial score (nSPS) is 14.6. The van der Waals surface area contributed by atoms with E-state index in [4.69, 9.17) is 4.74 Å². The Hall–Kier alpha value is -2.42. The topological polar surface area (TPSA) is 21.3 Å². The maximum Gasteiger partial charge on any atom is 0.102 e. The minimum atomic E-state index is -0.0604. The van der Waals surface area contributed by atoms with Crippen LogP contribution in [-0.2, 0) is 4.74 Å². The first kappa shape index (κ1) is 17.4. The quantitative estimate of drug-likeness (QED) is 0.620. The van der Waals surface area contributed by atoms with Crippen LogP contribution in [0.25, 0.3) is 0 Å². The SMILES string of the molecule is CO[C@@H](c1ccccc1)[C@H](N[C@H](C)c1ccccc1)c1ccccc1. The van der Waals surface area contributed by atoms with Crippen LogP contribution in [-0.4, -0.2) is 7.11 Å². The Kier molecular flexibility index (Phi) is 5.99. The van der Waals surface area contributed by atoms with Crippen molar-refractivity contribution in [2.75, 3.05) is 7.11 Å². The summed E-state index contributed by atoms with van der Waals surface area (Å²) in [5, 5.41) is 3.77. The highest BCUT2D eigenvalue weighted by atomic mass is 16.5. The molecule has 0 radical (unpaired) electrons. The van der Waals surface area contributed by atoms with Crippen molar-refractivity contribution in [3.05, 3.63) is 108 Å². The third-order valence-corrected chi connectivity index (χ3v) is 4.57. The summed E-state index contributed by atoms with van der Waals surface area (Å²) < 4.78 is 5.93. The average Bonchev–Trinajstić information content (AvgIpc) is 2.70. The summed E-state index contributed by atoms with van der Waals surface area (Å²) in [5.74, 6) is 0. The van der Waals surface area contributed by atoms with Crippen molar-refractivity contribution in [3.8, 4) is 0 Å². The van der Waals surface area contributed by atoms with Crippen molar-refractivity contribution in [2.24, 2.45) is 0 Å².